The van der Waals surface area contributed by atoms with Crippen LogP contribution in [0.25, 0.3) is 93.9 Å². The third-order valence-electron chi connectivity index (χ3n) is 12.4. The highest BCUT2D eigenvalue weighted by atomic mass is 16.3. The van der Waals surface area contributed by atoms with E-state index in [2.05, 4.69) is 246 Å². The van der Waals surface area contributed by atoms with Crippen LogP contribution in [0.15, 0.2) is 247 Å². The summed E-state index contributed by atoms with van der Waals surface area (Å²) >= 11 is 0. The summed E-state index contributed by atoms with van der Waals surface area (Å²) in [5, 5.41) is 4.75. The molecule has 0 saturated heterocycles. The average molecular weight is 805 g/mol. The van der Waals surface area contributed by atoms with E-state index >= 15 is 0 Å². The zero-order chi connectivity index (χ0) is 41.7. The third kappa shape index (κ3) is 6.38. The molecule has 0 spiro atoms. The fourth-order valence-electron chi connectivity index (χ4n) is 9.46. The second kappa shape index (κ2) is 15.3. The molecule has 0 N–H and O–H groups in total. The Kier molecular flexibility index (Phi) is 8.83. The molecule has 3 nitrogen and oxygen atoms in total. The van der Waals surface area contributed by atoms with Gasteiger partial charge in [0.15, 0.2) is 0 Å². The fraction of sp³-hybridized carbons (Fsp3) is 0. The number of para-hydroxylation sites is 3. The van der Waals surface area contributed by atoms with Crippen LogP contribution in [-0.4, -0.2) is 4.57 Å². The molecule has 63 heavy (non-hydrogen) atoms. The van der Waals surface area contributed by atoms with Gasteiger partial charge in [-0.2, -0.15) is 0 Å². The van der Waals surface area contributed by atoms with Crippen LogP contribution >= 0.6 is 0 Å². The predicted molar refractivity (Wildman–Crippen MR) is 264 cm³/mol. The van der Waals surface area contributed by atoms with Gasteiger partial charge in [-0.15, -0.1) is 0 Å². The minimum Gasteiger partial charge on any atom is -0.455 e. The van der Waals surface area contributed by atoms with Crippen LogP contribution in [0.3, 0.4) is 0 Å². The summed E-state index contributed by atoms with van der Waals surface area (Å²) in [6.07, 6.45) is 0. The highest BCUT2D eigenvalue weighted by Crippen LogP contribution is 2.45. The lowest BCUT2D eigenvalue weighted by atomic mass is 9.92. The van der Waals surface area contributed by atoms with Crippen molar-refractivity contribution in [1.29, 1.82) is 0 Å². The molecule has 3 heteroatoms. The van der Waals surface area contributed by atoms with Crippen molar-refractivity contribution in [1.82, 2.24) is 4.57 Å². The molecule has 10 aromatic carbocycles. The standard InChI is InChI=1S/C60H40N2O/c1-3-16-41(17-4-1)44-20-13-23-48(38-44)61(47-34-32-42(33-35-47)45-21-14-25-50(39-45)62-56-29-10-7-26-52(56)53-27-8-11-30-57(53)62)49-24-15-22-46(40-49)51-36-37-55-54-28-9-12-31-58(54)63-60(55)59(51)43-18-5-2-6-19-43/h1-40H. The van der Waals surface area contributed by atoms with Crippen molar-refractivity contribution in [3.63, 3.8) is 0 Å². The van der Waals surface area contributed by atoms with Crippen LogP contribution < -0.4 is 4.90 Å². The van der Waals surface area contributed by atoms with E-state index < -0.39 is 0 Å². The lowest BCUT2D eigenvalue weighted by molar-refractivity contribution is 0.670. The monoisotopic (exact) mass is 804 g/mol. The van der Waals surface area contributed by atoms with Gasteiger partial charge in [0.2, 0.25) is 0 Å². The first-order chi connectivity index (χ1) is 31.2. The molecule has 0 aliphatic rings. The first-order valence-electron chi connectivity index (χ1n) is 21.5. The number of hydrogen-bond acceptors (Lipinski definition) is 2. The molecule has 0 unspecified atom stereocenters. The van der Waals surface area contributed by atoms with Gasteiger partial charge in [0.05, 0.1) is 11.0 Å². The number of rotatable bonds is 8. The van der Waals surface area contributed by atoms with Crippen molar-refractivity contribution in [2.45, 2.75) is 0 Å². The lowest BCUT2D eigenvalue weighted by Crippen LogP contribution is -2.10. The number of aromatic nitrogens is 1. The normalized spacial score (nSPS) is 11.5. The van der Waals surface area contributed by atoms with Gasteiger partial charge >= 0.3 is 0 Å². The molecule has 2 aromatic heterocycles. The van der Waals surface area contributed by atoms with Crippen LogP contribution in [0, 0.1) is 0 Å². The minimum atomic E-state index is 0.891. The number of benzene rings is 10. The number of anilines is 3. The number of fused-ring (bicyclic) bond motifs is 6. The second-order valence-corrected chi connectivity index (χ2v) is 16.1. The van der Waals surface area contributed by atoms with Gasteiger partial charge < -0.3 is 13.9 Å². The number of furan rings is 1. The first kappa shape index (κ1) is 36.5. The largest absolute Gasteiger partial charge is 0.455 e. The lowest BCUT2D eigenvalue weighted by Gasteiger charge is -2.27. The van der Waals surface area contributed by atoms with Crippen molar-refractivity contribution < 1.29 is 4.42 Å². The molecule has 0 radical (unpaired) electrons. The Labute approximate surface area is 366 Å². The van der Waals surface area contributed by atoms with E-state index in [9.17, 15) is 0 Å². The Morgan fingerprint density at radius 3 is 1.54 bits per heavy atom. The highest BCUT2D eigenvalue weighted by Gasteiger charge is 2.20. The molecule has 12 aromatic rings. The molecule has 12 rings (SSSR count). The minimum absolute atomic E-state index is 0.891. The quantitative estimate of drug-likeness (QED) is 0.153. The summed E-state index contributed by atoms with van der Waals surface area (Å²) in [4.78, 5) is 2.37. The van der Waals surface area contributed by atoms with Crippen LogP contribution in [0.1, 0.15) is 0 Å². The van der Waals surface area contributed by atoms with Crippen LogP contribution in [0.2, 0.25) is 0 Å². The summed E-state index contributed by atoms with van der Waals surface area (Å²) < 4.78 is 9.05. The molecule has 0 aliphatic carbocycles. The van der Waals surface area contributed by atoms with Gasteiger partial charge in [-0.05, 0) is 112 Å². The van der Waals surface area contributed by atoms with Gasteiger partial charge in [-0.25, -0.2) is 0 Å². The van der Waals surface area contributed by atoms with Gasteiger partial charge in [0.25, 0.3) is 0 Å². The topological polar surface area (TPSA) is 21.3 Å². The van der Waals surface area contributed by atoms with E-state index in [0.717, 1.165) is 83.6 Å². The van der Waals surface area contributed by atoms with Crippen molar-refractivity contribution in [2.24, 2.45) is 0 Å². The molecule has 0 saturated carbocycles. The van der Waals surface area contributed by atoms with Crippen molar-refractivity contribution >= 4 is 60.8 Å². The molecule has 0 amide bonds. The van der Waals surface area contributed by atoms with Crippen LogP contribution in [0.4, 0.5) is 17.1 Å². The van der Waals surface area contributed by atoms with Gasteiger partial charge in [0, 0.05) is 49.9 Å². The van der Waals surface area contributed by atoms with Crippen LogP contribution in [-0.2, 0) is 0 Å². The van der Waals surface area contributed by atoms with Crippen molar-refractivity contribution in [3.8, 4) is 50.2 Å². The van der Waals surface area contributed by atoms with E-state index in [1.165, 1.54) is 27.4 Å². The van der Waals surface area contributed by atoms with E-state index in [1.54, 1.807) is 0 Å². The van der Waals surface area contributed by atoms with Crippen molar-refractivity contribution in [3.05, 3.63) is 243 Å². The second-order valence-electron chi connectivity index (χ2n) is 16.1. The van der Waals surface area contributed by atoms with Crippen molar-refractivity contribution in [2.75, 3.05) is 4.90 Å². The van der Waals surface area contributed by atoms with Gasteiger partial charge in [0.1, 0.15) is 11.2 Å². The summed E-state index contributed by atoms with van der Waals surface area (Å²) in [7, 11) is 0. The molecule has 296 valence electrons. The predicted octanol–water partition coefficient (Wildman–Crippen LogP) is 16.8. The number of hydrogen-bond donors (Lipinski definition) is 0. The smallest absolute Gasteiger partial charge is 0.143 e. The molecule has 0 atom stereocenters. The third-order valence-corrected chi connectivity index (χ3v) is 12.4. The van der Waals surface area contributed by atoms with E-state index in [4.69, 9.17) is 4.42 Å². The summed E-state index contributed by atoms with van der Waals surface area (Å²) in [6, 6.07) is 87.0. The Hall–Kier alpha value is -8.40. The maximum absolute atomic E-state index is 6.67. The van der Waals surface area contributed by atoms with E-state index in [1.807, 2.05) is 6.07 Å². The zero-order valence-corrected chi connectivity index (χ0v) is 34.4. The Bertz CT molecular complexity index is 3570. The van der Waals surface area contributed by atoms with E-state index in [-0.39, 0.29) is 0 Å². The maximum Gasteiger partial charge on any atom is 0.143 e. The van der Waals surface area contributed by atoms with Crippen LogP contribution in [0.5, 0.6) is 0 Å². The summed E-state index contributed by atoms with van der Waals surface area (Å²) in [6.45, 7) is 0. The first-order valence-corrected chi connectivity index (χ1v) is 21.5. The summed E-state index contributed by atoms with van der Waals surface area (Å²) in [5.41, 5.74) is 17.6. The Morgan fingerprint density at radius 2 is 0.841 bits per heavy atom. The average Bonchev–Trinajstić information content (AvgIpc) is 3.91. The SMILES string of the molecule is c1ccc(-c2cccc(N(c3ccc(-c4cccc(-n5c6ccccc6c6ccccc65)c4)cc3)c3cccc(-c4ccc5c(oc6ccccc65)c4-c4ccccc4)c3)c2)cc1. The van der Waals surface area contributed by atoms with Gasteiger partial charge in [-0.1, -0.05) is 170 Å². The zero-order valence-electron chi connectivity index (χ0n) is 34.4. The molecular weight excluding hydrogens is 765 g/mol. The molecule has 0 fully saturated rings. The molecule has 0 aliphatic heterocycles. The fourth-order valence-corrected chi connectivity index (χ4v) is 9.46. The van der Waals surface area contributed by atoms with Gasteiger partial charge in [-0.3, -0.25) is 0 Å². The van der Waals surface area contributed by atoms with E-state index in [0.29, 0.717) is 0 Å². The molecule has 2 heterocycles. The summed E-state index contributed by atoms with van der Waals surface area (Å²) in [5.74, 6) is 0. The molecule has 0 bridgehead atoms. The highest BCUT2D eigenvalue weighted by molar-refractivity contribution is 6.13. The Balaban J connectivity index is 0.985. The number of nitrogens with zero attached hydrogens (tertiary/aromatic N) is 2. The Morgan fingerprint density at radius 1 is 0.317 bits per heavy atom. The maximum atomic E-state index is 6.67. The molecular formula is C60H40N2O.